The van der Waals surface area contributed by atoms with Gasteiger partial charge in [-0.1, -0.05) is 30.3 Å². The first-order chi connectivity index (χ1) is 14.2. The number of amides is 1. The number of likely N-dealkylation sites (N-methyl/N-ethyl adjacent to an activating group) is 1. The minimum absolute atomic E-state index is 0.0707. The number of benzene rings is 1. The molecule has 0 aliphatic rings. The van der Waals surface area contributed by atoms with Gasteiger partial charge in [-0.25, -0.2) is 9.97 Å². The van der Waals surface area contributed by atoms with Gasteiger partial charge in [0.2, 0.25) is 5.91 Å². The molecule has 4 rings (SSSR count). The van der Waals surface area contributed by atoms with Crippen molar-refractivity contribution in [3.8, 4) is 22.5 Å². The summed E-state index contributed by atoms with van der Waals surface area (Å²) in [6.07, 6.45) is 3.46. The number of hydrogen-bond acceptors (Lipinski definition) is 6. The van der Waals surface area contributed by atoms with Gasteiger partial charge in [-0.05, 0) is 31.5 Å². The lowest BCUT2D eigenvalue weighted by atomic mass is 10.1. The van der Waals surface area contributed by atoms with Crippen LogP contribution in [0.15, 0.2) is 60.2 Å². The average Bonchev–Trinajstić information content (AvgIpc) is 3.19. The Morgan fingerprint density at radius 1 is 1.10 bits per heavy atom. The number of carbonyl (C=O) groups is 1. The zero-order chi connectivity index (χ0) is 20.2. The minimum Gasteiger partial charge on any atom is -0.358 e. The molecular formula is C22H21N5OS. The van der Waals surface area contributed by atoms with Gasteiger partial charge in [0.1, 0.15) is 16.7 Å². The topological polar surface area (TPSA) is 79.8 Å². The van der Waals surface area contributed by atoms with E-state index in [2.05, 4.69) is 33.1 Å². The summed E-state index contributed by atoms with van der Waals surface area (Å²) in [4.78, 5) is 26.9. The summed E-state index contributed by atoms with van der Waals surface area (Å²) < 4.78 is 0. The summed E-state index contributed by atoms with van der Waals surface area (Å²) in [5.41, 5.74) is 2.97. The van der Waals surface area contributed by atoms with Gasteiger partial charge in [-0.2, -0.15) is 0 Å². The van der Waals surface area contributed by atoms with Crippen molar-refractivity contribution < 1.29 is 4.79 Å². The highest BCUT2D eigenvalue weighted by Gasteiger charge is 2.20. The molecule has 0 radical (unpaired) electrons. The van der Waals surface area contributed by atoms with Gasteiger partial charge >= 0.3 is 0 Å². The van der Waals surface area contributed by atoms with Gasteiger partial charge in [-0.3, -0.25) is 9.78 Å². The van der Waals surface area contributed by atoms with Crippen molar-refractivity contribution in [2.45, 2.75) is 19.9 Å². The van der Waals surface area contributed by atoms with Gasteiger partial charge in [0.05, 0.1) is 5.39 Å². The Morgan fingerprint density at radius 2 is 1.90 bits per heavy atom. The molecular weight excluding hydrogens is 382 g/mol. The Morgan fingerprint density at radius 3 is 2.62 bits per heavy atom. The zero-order valence-corrected chi connectivity index (χ0v) is 17.0. The van der Waals surface area contributed by atoms with Gasteiger partial charge in [0.15, 0.2) is 5.82 Å². The molecule has 0 unspecified atom stereocenters. The maximum absolute atomic E-state index is 12.3. The molecule has 0 fully saturated rings. The highest BCUT2D eigenvalue weighted by atomic mass is 32.1. The summed E-state index contributed by atoms with van der Waals surface area (Å²) in [6.45, 7) is 4.32. The first-order valence-electron chi connectivity index (χ1n) is 9.46. The Hall–Kier alpha value is -3.32. The smallest absolute Gasteiger partial charge is 0.242 e. The van der Waals surface area contributed by atoms with Crippen molar-refractivity contribution in [2.75, 3.05) is 11.9 Å². The second-order valence-electron chi connectivity index (χ2n) is 6.59. The van der Waals surface area contributed by atoms with Crippen LogP contribution < -0.4 is 10.6 Å². The fraction of sp³-hybridized carbons (Fsp3) is 0.182. The monoisotopic (exact) mass is 403 g/mol. The summed E-state index contributed by atoms with van der Waals surface area (Å²) >= 11 is 1.57. The number of fused-ring (bicyclic) bond motifs is 1. The first kappa shape index (κ1) is 19.0. The fourth-order valence-electron chi connectivity index (χ4n) is 3.10. The SMILES string of the molecule is CCNC(=O)[C@@H](C)Nc1nc(-c2cccnc2)nc2scc(-c3ccccc3)c12. The maximum Gasteiger partial charge on any atom is 0.242 e. The molecule has 0 aliphatic heterocycles. The lowest BCUT2D eigenvalue weighted by molar-refractivity contribution is -0.121. The number of nitrogens with zero attached hydrogens (tertiary/aromatic N) is 3. The van der Waals surface area contributed by atoms with Crippen LogP contribution in [0.25, 0.3) is 32.7 Å². The Bertz CT molecular complexity index is 1130. The summed E-state index contributed by atoms with van der Waals surface area (Å²) in [5, 5.41) is 9.16. The van der Waals surface area contributed by atoms with Crippen molar-refractivity contribution in [1.29, 1.82) is 0 Å². The molecule has 3 heterocycles. The normalized spacial score (nSPS) is 11.9. The van der Waals surface area contributed by atoms with Crippen LogP contribution in [0, 0.1) is 0 Å². The number of carbonyl (C=O) groups excluding carboxylic acids is 1. The third kappa shape index (κ3) is 3.95. The highest BCUT2D eigenvalue weighted by Crippen LogP contribution is 2.38. The zero-order valence-electron chi connectivity index (χ0n) is 16.2. The number of pyridine rings is 1. The second kappa shape index (κ2) is 8.36. The van der Waals surface area contributed by atoms with Gasteiger partial charge in [-0.15, -0.1) is 11.3 Å². The molecule has 0 spiro atoms. The predicted octanol–water partition coefficient (Wildman–Crippen LogP) is 4.36. The number of hydrogen-bond donors (Lipinski definition) is 2. The molecule has 1 atom stereocenters. The fourth-order valence-corrected chi connectivity index (χ4v) is 4.05. The maximum atomic E-state index is 12.3. The molecule has 6 nitrogen and oxygen atoms in total. The number of anilines is 1. The van der Waals surface area contributed by atoms with Crippen molar-refractivity contribution >= 4 is 33.3 Å². The van der Waals surface area contributed by atoms with Gasteiger partial charge in [0.25, 0.3) is 0 Å². The quantitative estimate of drug-likeness (QED) is 0.500. The minimum atomic E-state index is -0.432. The average molecular weight is 404 g/mol. The number of thiophene rings is 1. The Labute approximate surface area is 173 Å². The van der Waals surface area contributed by atoms with Crippen molar-refractivity contribution in [3.63, 3.8) is 0 Å². The predicted molar refractivity (Wildman–Crippen MR) is 118 cm³/mol. The van der Waals surface area contributed by atoms with Gasteiger partial charge in [0, 0.05) is 35.4 Å². The third-order valence-corrected chi connectivity index (χ3v) is 5.41. The molecule has 4 aromatic rings. The standard InChI is InChI=1S/C22H21N5OS/c1-3-24-21(28)14(2)25-20-18-17(15-8-5-4-6-9-15)13-29-22(18)27-19(26-20)16-10-7-11-23-12-16/h4-14H,3H2,1-2H3,(H,24,28)(H,25,26,27)/t14-/m1/s1. The lowest BCUT2D eigenvalue weighted by Gasteiger charge is -2.16. The van der Waals surface area contributed by atoms with E-state index >= 15 is 0 Å². The van der Waals surface area contributed by atoms with E-state index in [4.69, 9.17) is 9.97 Å². The van der Waals surface area contributed by atoms with E-state index < -0.39 is 6.04 Å². The summed E-state index contributed by atoms with van der Waals surface area (Å²) in [6, 6.07) is 13.5. The van der Waals surface area contributed by atoms with Crippen LogP contribution in [0.5, 0.6) is 0 Å². The molecule has 0 aliphatic carbocycles. The van der Waals surface area contributed by atoms with Crippen LogP contribution in [-0.4, -0.2) is 33.4 Å². The highest BCUT2D eigenvalue weighted by molar-refractivity contribution is 7.17. The molecule has 0 saturated carbocycles. The second-order valence-corrected chi connectivity index (χ2v) is 7.45. The molecule has 146 valence electrons. The molecule has 1 aromatic carbocycles. The van der Waals surface area contributed by atoms with Crippen LogP contribution in [0.3, 0.4) is 0 Å². The van der Waals surface area contributed by atoms with Crippen LogP contribution in [0.2, 0.25) is 0 Å². The molecule has 7 heteroatoms. The molecule has 1 amide bonds. The Kier molecular flexibility index (Phi) is 5.48. The molecule has 3 aromatic heterocycles. The van der Waals surface area contributed by atoms with E-state index in [1.165, 1.54) is 0 Å². The van der Waals surface area contributed by atoms with Crippen molar-refractivity contribution in [3.05, 3.63) is 60.2 Å². The summed E-state index contributed by atoms with van der Waals surface area (Å²) in [5.74, 6) is 1.16. The van der Waals surface area contributed by atoms with E-state index in [0.717, 1.165) is 26.9 Å². The number of rotatable bonds is 6. The van der Waals surface area contributed by atoms with E-state index in [1.54, 1.807) is 23.7 Å². The largest absolute Gasteiger partial charge is 0.358 e. The van der Waals surface area contributed by atoms with Crippen LogP contribution in [0.1, 0.15) is 13.8 Å². The third-order valence-electron chi connectivity index (χ3n) is 4.54. The molecule has 0 saturated heterocycles. The lowest BCUT2D eigenvalue weighted by Crippen LogP contribution is -2.37. The van der Waals surface area contributed by atoms with Crippen LogP contribution in [-0.2, 0) is 4.79 Å². The number of aromatic nitrogens is 3. The Balaban J connectivity index is 1.86. The van der Waals surface area contributed by atoms with Gasteiger partial charge < -0.3 is 10.6 Å². The van der Waals surface area contributed by atoms with Crippen LogP contribution in [0.4, 0.5) is 5.82 Å². The van der Waals surface area contributed by atoms with E-state index in [-0.39, 0.29) is 5.91 Å². The van der Waals surface area contributed by atoms with E-state index in [9.17, 15) is 4.79 Å². The number of nitrogens with one attached hydrogen (secondary N) is 2. The molecule has 2 N–H and O–H groups in total. The summed E-state index contributed by atoms with van der Waals surface area (Å²) in [7, 11) is 0. The van der Waals surface area contributed by atoms with E-state index in [1.807, 2.05) is 44.2 Å². The van der Waals surface area contributed by atoms with Crippen molar-refractivity contribution in [2.24, 2.45) is 0 Å². The van der Waals surface area contributed by atoms with Crippen LogP contribution >= 0.6 is 11.3 Å². The first-order valence-corrected chi connectivity index (χ1v) is 10.3. The molecule has 0 bridgehead atoms. The van der Waals surface area contributed by atoms with E-state index in [0.29, 0.717) is 18.2 Å². The van der Waals surface area contributed by atoms with Crippen molar-refractivity contribution in [1.82, 2.24) is 20.3 Å². The molecule has 29 heavy (non-hydrogen) atoms.